The van der Waals surface area contributed by atoms with Gasteiger partial charge in [-0.15, -0.1) is 0 Å². The lowest BCUT2D eigenvalue weighted by Crippen LogP contribution is -2.60. The number of hydrogen-bond donors (Lipinski definition) is 0. The SMILES string of the molecule is CC(C)n1cnc(S(=O)(=O)N(C)C2CN(c3ncnc(-c4ccccc4)c3F)C2)c1. The molecule has 2 aromatic heterocycles. The molecule has 0 spiro atoms. The fourth-order valence-corrected chi connectivity index (χ4v) is 4.57. The first-order valence-corrected chi connectivity index (χ1v) is 11.1. The largest absolute Gasteiger partial charge is 0.351 e. The van der Waals surface area contributed by atoms with Crippen LogP contribution in [0.25, 0.3) is 11.3 Å². The molecule has 8 nitrogen and oxygen atoms in total. The minimum atomic E-state index is -3.73. The van der Waals surface area contributed by atoms with E-state index in [0.29, 0.717) is 18.7 Å². The van der Waals surface area contributed by atoms with Gasteiger partial charge in [0.05, 0.1) is 12.4 Å². The summed E-state index contributed by atoms with van der Waals surface area (Å²) in [7, 11) is -2.21. The molecule has 158 valence electrons. The average Bonchev–Trinajstić information content (AvgIpc) is 3.20. The summed E-state index contributed by atoms with van der Waals surface area (Å²) in [6.45, 7) is 4.57. The zero-order chi connectivity index (χ0) is 21.5. The Balaban J connectivity index is 1.50. The van der Waals surface area contributed by atoms with Crippen LogP contribution >= 0.6 is 0 Å². The predicted octanol–water partition coefficient (Wildman–Crippen LogP) is 2.57. The van der Waals surface area contributed by atoms with Crippen molar-refractivity contribution in [3.05, 3.63) is 55.0 Å². The maximum absolute atomic E-state index is 15.0. The van der Waals surface area contributed by atoms with Gasteiger partial charge < -0.3 is 9.47 Å². The van der Waals surface area contributed by atoms with E-state index in [4.69, 9.17) is 0 Å². The van der Waals surface area contributed by atoms with Gasteiger partial charge in [-0.3, -0.25) is 0 Å². The monoisotopic (exact) mass is 430 g/mol. The summed E-state index contributed by atoms with van der Waals surface area (Å²) in [6, 6.07) is 8.87. The van der Waals surface area contributed by atoms with E-state index < -0.39 is 15.8 Å². The highest BCUT2D eigenvalue weighted by Gasteiger charge is 2.39. The number of sulfonamides is 1. The van der Waals surface area contributed by atoms with E-state index in [2.05, 4.69) is 15.0 Å². The van der Waals surface area contributed by atoms with Crippen molar-refractivity contribution in [1.82, 2.24) is 23.8 Å². The van der Waals surface area contributed by atoms with Crippen LogP contribution in [0.4, 0.5) is 10.2 Å². The average molecular weight is 431 g/mol. The van der Waals surface area contributed by atoms with E-state index >= 15 is 4.39 Å². The van der Waals surface area contributed by atoms with Crippen LogP contribution in [0.1, 0.15) is 19.9 Å². The van der Waals surface area contributed by atoms with Crippen molar-refractivity contribution in [2.45, 2.75) is 31.0 Å². The van der Waals surface area contributed by atoms with Crippen molar-refractivity contribution in [2.24, 2.45) is 0 Å². The summed E-state index contributed by atoms with van der Waals surface area (Å²) in [6.07, 6.45) is 4.37. The number of hydrogen-bond acceptors (Lipinski definition) is 6. The first-order chi connectivity index (χ1) is 14.3. The summed E-state index contributed by atoms with van der Waals surface area (Å²) in [5, 5.41) is 0.0109. The third-order valence-electron chi connectivity index (χ3n) is 5.31. The van der Waals surface area contributed by atoms with Crippen molar-refractivity contribution >= 4 is 15.8 Å². The van der Waals surface area contributed by atoms with Gasteiger partial charge in [-0.2, -0.15) is 4.31 Å². The minimum Gasteiger partial charge on any atom is -0.351 e. The molecule has 1 fully saturated rings. The predicted molar refractivity (Wildman–Crippen MR) is 111 cm³/mol. The molecule has 1 aromatic carbocycles. The molecular weight excluding hydrogens is 407 g/mol. The van der Waals surface area contributed by atoms with Gasteiger partial charge in [-0.05, 0) is 13.8 Å². The Labute approximate surface area is 175 Å². The molecular formula is C20H23FN6O2S. The molecule has 1 saturated heterocycles. The number of imidazole rings is 1. The molecule has 0 aliphatic carbocycles. The van der Waals surface area contributed by atoms with E-state index in [9.17, 15) is 8.42 Å². The van der Waals surface area contributed by atoms with E-state index in [1.54, 1.807) is 21.6 Å². The van der Waals surface area contributed by atoms with Crippen molar-refractivity contribution in [3.8, 4) is 11.3 Å². The zero-order valence-corrected chi connectivity index (χ0v) is 17.8. The highest BCUT2D eigenvalue weighted by molar-refractivity contribution is 7.89. The maximum atomic E-state index is 15.0. The molecule has 1 aliphatic heterocycles. The molecule has 0 saturated carbocycles. The Morgan fingerprint density at radius 1 is 1.13 bits per heavy atom. The third kappa shape index (κ3) is 3.56. The molecule has 0 atom stereocenters. The number of likely N-dealkylation sites (N-methyl/N-ethyl adjacent to an activating group) is 1. The normalized spacial score (nSPS) is 15.1. The Morgan fingerprint density at radius 3 is 2.47 bits per heavy atom. The fourth-order valence-electron chi connectivity index (χ4n) is 3.31. The van der Waals surface area contributed by atoms with Crippen molar-refractivity contribution < 1.29 is 12.8 Å². The second-order valence-electron chi connectivity index (χ2n) is 7.56. The molecule has 4 rings (SSSR count). The van der Waals surface area contributed by atoms with Crippen LogP contribution in [-0.4, -0.2) is 58.4 Å². The first-order valence-electron chi connectivity index (χ1n) is 9.61. The number of benzene rings is 1. The van der Waals surface area contributed by atoms with Gasteiger partial charge in [0.25, 0.3) is 10.0 Å². The van der Waals surface area contributed by atoms with Crippen LogP contribution in [0.15, 0.2) is 54.2 Å². The standard InChI is InChI=1S/C20H23FN6O2S/c1-14(2)27-11-17(24-13-27)30(28,29)25(3)16-9-26(10-16)20-18(21)19(22-12-23-20)15-7-5-4-6-8-15/h4-8,11-14,16H,9-10H2,1-3H3. The van der Waals surface area contributed by atoms with Gasteiger partial charge in [0.2, 0.25) is 0 Å². The summed E-state index contributed by atoms with van der Waals surface area (Å²) in [5.74, 6) is -0.335. The van der Waals surface area contributed by atoms with E-state index in [1.165, 1.54) is 30.2 Å². The fraction of sp³-hybridized carbons (Fsp3) is 0.350. The number of nitrogens with zero attached hydrogens (tertiary/aromatic N) is 6. The lowest BCUT2D eigenvalue weighted by Gasteiger charge is -2.43. The van der Waals surface area contributed by atoms with Crippen LogP contribution in [-0.2, 0) is 10.0 Å². The molecule has 0 amide bonds. The van der Waals surface area contributed by atoms with Gasteiger partial charge >= 0.3 is 0 Å². The van der Waals surface area contributed by atoms with Crippen LogP contribution in [0.2, 0.25) is 0 Å². The molecule has 0 unspecified atom stereocenters. The third-order valence-corrected chi connectivity index (χ3v) is 7.11. The van der Waals surface area contributed by atoms with Gasteiger partial charge in [0.15, 0.2) is 16.7 Å². The second kappa shape index (κ2) is 7.77. The summed E-state index contributed by atoms with van der Waals surface area (Å²) in [5.41, 5.74) is 0.889. The van der Waals surface area contributed by atoms with Crippen LogP contribution in [0.5, 0.6) is 0 Å². The van der Waals surface area contributed by atoms with E-state index in [0.717, 1.165) is 0 Å². The molecule has 0 N–H and O–H groups in total. The Bertz CT molecular complexity index is 1140. The van der Waals surface area contributed by atoms with Crippen molar-refractivity contribution in [3.63, 3.8) is 0 Å². The molecule has 0 radical (unpaired) electrons. The van der Waals surface area contributed by atoms with Gasteiger partial charge in [0, 0.05) is 37.9 Å². The lowest BCUT2D eigenvalue weighted by atomic mass is 10.1. The number of anilines is 1. The molecule has 3 aromatic rings. The highest BCUT2D eigenvalue weighted by atomic mass is 32.2. The lowest BCUT2D eigenvalue weighted by molar-refractivity contribution is 0.306. The Kier molecular flexibility index (Phi) is 5.29. The molecule has 1 aliphatic rings. The Hall–Kier alpha value is -2.85. The van der Waals surface area contributed by atoms with Gasteiger partial charge in [-0.25, -0.2) is 27.8 Å². The Morgan fingerprint density at radius 2 is 1.83 bits per heavy atom. The smallest absolute Gasteiger partial charge is 0.262 e. The van der Waals surface area contributed by atoms with Gasteiger partial charge in [-0.1, -0.05) is 30.3 Å². The first kappa shape index (κ1) is 20.4. The van der Waals surface area contributed by atoms with Gasteiger partial charge in [0.1, 0.15) is 12.0 Å². The number of halogens is 1. The van der Waals surface area contributed by atoms with Crippen molar-refractivity contribution in [2.75, 3.05) is 25.0 Å². The van der Waals surface area contributed by atoms with Crippen LogP contribution in [0.3, 0.4) is 0 Å². The zero-order valence-electron chi connectivity index (χ0n) is 17.0. The van der Waals surface area contributed by atoms with E-state index in [1.807, 2.05) is 32.0 Å². The minimum absolute atomic E-state index is 0.0109. The van der Waals surface area contributed by atoms with E-state index in [-0.39, 0.29) is 28.6 Å². The van der Waals surface area contributed by atoms with Crippen LogP contribution < -0.4 is 4.90 Å². The number of aromatic nitrogens is 4. The number of rotatable bonds is 6. The summed E-state index contributed by atoms with van der Waals surface area (Å²) >= 11 is 0. The molecule has 30 heavy (non-hydrogen) atoms. The molecule has 0 bridgehead atoms. The highest BCUT2D eigenvalue weighted by Crippen LogP contribution is 2.30. The molecule has 10 heteroatoms. The summed E-state index contributed by atoms with van der Waals surface area (Å²) < 4.78 is 43.8. The quantitative estimate of drug-likeness (QED) is 0.598. The topological polar surface area (TPSA) is 84.2 Å². The summed E-state index contributed by atoms with van der Waals surface area (Å²) in [4.78, 5) is 13.9. The second-order valence-corrected chi connectivity index (χ2v) is 9.50. The maximum Gasteiger partial charge on any atom is 0.262 e. The molecule has 3 heterocycles. The van der Waals surface area contributed by atoms with Crippen LogP contribution in [0, 0.1) is 5.82 Å². The van der Waals surface area contributed by atoms with Crippen molar-refractivity contribution in [1.29, 1.82) is 0 Å².